The molecule has 4 heteroatoms. The molecule has 112 valence electrons. The van der Waals surface area contributed by atoms with Gasteiger partial charge in [-0.05, 0) is 44.9 Å². The lowest BCUT2D eigenvalue weighted by Crippen LogP contribution is -2.46. The molecule has 0 heterocycles. The number of amides is 1. The molecule has 1 rings (SSSR count). The summed E-state index contributed by atoms with van der Waals surface area (Å²) in [5, 5.41) is 6.21. The Morgan fingerprint density at radius 3 is 2.35 bits per heavy atom. The lowest BCUT2D eigenvalue weighted by molar-refractivity contribution is -0.123. The zero-order valence-electron chi connectivity index (χ0n) is 12.7. The van der Waals surface area contributed by atoms with Crippen LogP contribution in [0.3, 0.4) is 0 Å². The molecule has 0 bridgehead atoms. The van der Waals surface area contributed by atoms with Crippen molar-refractivity contribution in [1.82, 2.24) is 10.6 Å². The van der Waals surface area contributed by atoms with E-state index in [1.54, 1.807) is 12.1 Å². The highest BCUT2D eigenvalue weighted by atomic mass is 19.1. The van der Waals surface area contributed by atoms with Crippen LogP contribution < -0.4 is 10.6 Å². The summed E-state index contributed by atoms with van der Waals surface area (Å²) >= 11 is 0. The van der Waals surface area contributed by atoms with E-state index in [-0.39, 0.29) is 29.8 Å². The van der Waals surface area contributed by atoms with Crippen LogP contribution in [0.4, 0.5) is 4.39 Å². The zero-order chi connectivity index (χ0) is 15.1. The fraction of sp³-hybridized carbons (Fsp3) is 0.562. The van der Waals surface area contributed by atoms with Crippen molar-refractivity contribution in [1.29, 1.82) is 0 Å². The second-order valence-corrected chi connectivity index (χ2v) is 5.36. The van der Waals surface area contributed by atoms with E-state index in [1.807, 2.05) is 20.8 Å². The Labute approximate surface area is 121 Å². The van der Waals surface area contributed by atoms with E-state index in [2.05, 4.69) is 17.6 Å². The van der Waals surface area contributed by atoms with Gasteiger partial charge in [-0.2, -0.15) is 0 Å². The molecule has 1 amide bonds. The van der Waals surface area contributed by atoms with Gasteiger partial charge in [0.1, 0.15) is 5.82 Å². The first-order valence-corrected chi connectivity index (χ1v) is 7.26. The minimum Gasteiger partial charge on any atom is -0.352 e. The van der Waals surface area contributed by atoms with Crippen LogP contribution in [0, 0.1) is 5.82 Å². The Morgan fingerprint density at radius 1 is 1.20 bits per heavy atom. The van der Waals surface area contributed by atoms with Crippen molar-refractivity contribution in [2.75, 3.05) is 0 Å². The Balaban J connectivity index is 2.50. The van der Waals surface area contributed by atoms with Gasteiger partial charge in [-0.25, -0.2) is 4.39 Å². The Kier molecular flexibility index (Phi) is 6.65. The highest BCUT2D eigenvalue weighted by Crippen LogP contribution is 2.13. The molecule has 0 saturated heterocycles. The van der Waals surface area contributed by atoms with E-state index in [0.717, 1.165) is 18.4 Å². The van der Waals surface area contributed by atoms with Crippen LogP contribution in [0.15, 0.2) is 24.3 Å². The molecule has 0 aliphatic carbocycles. The van der Waals surface area contributed by atoms with Crippen molar-refractivity contribution in [3.8, 4) is 0 Å². The second-order valence-electron chi connectivity index (χ2n) is 5.36. The van der Waals surface area contributed by atoms with Crippen LogP contribution in [-0.2, 0) is 4.79 Å². The molecular formula is C16H25FN2O. The molecule has 0 radical (unpaired) electrons. The third-order valence-electron chi connectivity index (χ3n) is 3.37. The van der Waals surface area contributed by atoms with E-state index in [0.29, 0.717) is 0 Å². The summed E-state index contributed by atoms with van der Waals surface area (Å²) in [4.78, 5) is 12.0. The first-order chi connectivity index (χ1) is 9.43. The predicted molar refractivity (Wildman–Crippen MR) is 79.9 cm³/mol. The van der Waals surface area contributed by atoms with Crippen LogP contribution >= 0.6 is 0 Å². The summed E-state index contributed by atoms with van der Waals surface area (Å²) in [6, 6.07) is 6.24. The predicted octanol–water partition coefficient (Wildman–Crippen LogP) is 3.17. The highest BCUT2D eigenvalue weighted by molar-refractivity contribution is 5.81. The maximum absolute atomic E-state index is 12.9. The van der Waals surface area contributed by atoms with Crippen LogP contribution in [0.2, 0.25) is 0 Å². The number of carbonyl (C=O) groups excluding carboxylic acids is 1. The van der Waals surface area contributed by atoms with Crippen LogP contribution in [-0.4, -0.2) is 18.0 Å². The smallest absolute Gasteiger partial charge is 0.237 e. The van der Waals surface area contributed by atoms with E-state index in [4.69, 9.17) is 0 Å². The summed E-state index contributed by atoms with van der Waals surface area (Å²) in [6.45, 7) is 7.92. The third kappa shape index (κ3) is 5.29. The molecular weight excluding hydrogens is 255 g/mol. The highest BCUT2D eigenvalue weighted by Gasteiger charge is 2.17. The molecule has 0 aromatic heterocycles. The number of hydrogen-bond donors (Lipinski definition) is 2. The molecule has 2 N–H and O–H groups in total. The number of hydrogen-bond acceptors (Lipinski definition) is 2. The van der Waals surface area contributed by atoms with Crippen LogP contribution in [0.5, 0.6) is 0 Å². The fourth-order valence-corrected chi connectivity index (χ4v) is 2.17. The van der Waals surface area contributed by atoms with Gasteiger partial charge in [0.2, 0.25) is 5.91 Å². The minimum absolute atomic E-state index is 0.0000818. The average molecular weight is 280 g/mol. The Bertz CT molecular complexity index is 419. The molecule has 2 unspecified atom stereocenters. The molecule has 0 aliphatic heterocycles. The third-order valence-corrected chi connectivity index (χ3v) is 3.37. The van der Waals surface area contributed by atoms with Gasteiger partial charge in [0.25, 0.3) is 0 Å². The number of benzene rings is 1. The largest absolute Gasteiger partial charge is 0.352 e. The van der Waals surface area contributed by atoms with Crippen molar-refractivity contribution >= 4 is 5.91 Å². The van der Waals surface area contributed by atoms with Crippen LogP contribution in [0.25, 0.3) is 0 Å². The monoisotopic (exact) mass is 280 g/mol. The summed E-state index contributed by atoms with van der Waals surface area (Å²) in [5.74, 6) is -0.250. The molecule has 0 spiro atoms. The van der Waals surface area contributed by atoms with E-state index >= 15 is 0 Å². The lowest BCUT2D eigenvalue weighted by atomic mass is 10.1. The maximum Gasteiger partial charge on any atom is 0.237 e. The SMILES string of the molecule is CCCC(C)NC(=O)C(C)N[C@H](C)c1ccc(F)cc1. The molecule has 3 nitrogen and oxygen atoms in total. The molecule has 1 aromatic carbocycles. The van der Waals surface area contributed by atoms with Crippen molar-refractivity contribution in [2.24, 2.45) is 0 Å². The Morgan fingerprint density at radius 2 is 1.80 bits per heavy atom. The van der Waals surface area contributed by atoms with E-state index < -0.39 is 0 Å². The number of rotatable bonds is 7. The van der Waals surface area contributed by atoms with Gasteiger partial charge in [-0.1, -0.05) is 25.5 Å². The van der Waals surface area contributed by atoms with Crippen molar-refractivity contribution < 1.29 is 9.18 Å². The zero-order valence-corrected chi connectivity index (χ0v) is 12.7. The van der Waals surface area contributed by atoms with Gasteiger partial charge in [0.15, 0.2) is 0 Å². The van der Waals surface area contributed by atoms with Gasteiger partial charge in [-0.15, -0.1) is 0 Å². The summed E-state index contributed by atoms with van der Waals surface area (Å²) < 4.78 is 12.9. The number of carbonyl (C=O) groups is 1. The fourth-order valence-electron chi connectivity index (χ4n) is 2.17. The first kappa shape index (κ1) is 16.6. The lowest BCUT2D eigenvalue weighted by Gasteiger charge is -2.22. The quantitative estimate of drug-likeness (QED) is 0.805. The standard InChI is InChI=1S/C16H25FN2O/c1-5-6-11(2)18-16(20)13(4)19-12(3)14-7-9-15(17)10-8-14/h7-13,19H,5-6H2,1-4H3,(H,18,20)/t11?,12-,13?/m1/s1. The van der Waals surface area contributed by atoms with Gasteiger partial charge in [0, 0.05) is 12.1 Å². The van der Waals surface area contributed by atoms with E-state index in [1.165, 1.54) is 12.1 Å². The normalized spacial score (nSPS) is 15.4. The molecule has 0 fully saturated rings. The van der Waals surface area contributed by atoms with Gasteiger partial charge < -0.3 is 5.32 Å². The number of halogens is 1. The summed E-state index contributed by atoms with van der Waals surface area (Å²) in [7, 11) is 0. The van der Waals surface area contributed by atoms with Crippen molar-refractivity contribution in [2.45, 2.75) is 58.7 Å². The van der Waals surface area contributed by atoms with E-state index in [9.17, 15) is 9.18 Å². The first-order valence-electron chi connectivity index (χ1n) is 7.26. The van der Waals surface area contributed by atoms with Gasteiger partial charge >= 0.3 is 0 Å². The van der Waals surface area contributed by atoms with Gasteiger partial charge in [0.05, 0.1) is 6.04 Å². The van der Waals surface area contributed by atoms with Crippen molar-refractivity contribution in [3.05, 3.63) is 35.6 Å². The summed E-state index contributed by atoms with van der Waals surface area (Å²) in [6.07, 6.45) is 2.03. The topological polar surface area (TPSA) is 41.1 Å². The molecule has 3 atom stereocenters. The second kappa shape index (κ2) is 8.00. The molecule has 0 saturated carbocycles. The number of nitrogens with one attached hydrogen (secondary N) is 2. The maximum atomic E-state index is 12.9. The van der Waals surface area contributed by atoms with Gasteiger partial charge in [-0.3, -0.25) is 10.1 Å². The minimum atomic E-state index is -0.283. The molecule has 1 aromatic rings. The van der Waals surface area contributed by atoms with Crippen molar-refractivity contribution in [3.63, 3.8) is 0 Å². The van der Waals surface area contributed by atoms with Crippen LogP contribution in [0.1, 0.15) is 52.1 Å². The Hall–Kier alpha value is -1.42. The molecule has 20 heavy (non-hydrogen) atoms. The summed E-state index contributed by atoms with van der Waals surface area (Å²) in [5.41, 5.74) is 0.965. The molecule has 0 aliphatic rings. The average Bonchev–Trinajstić information content (AvgIpc) is 2.39.